The average Bonchev–Trinajstić information content (AvgIpc) is 2.93. The first-order valence-electron chi connectivity index (χ1n) is 13.4. The van der Waals surface area contributed by atoms with Crippen LogP contribution in [0, 0.1) is 13.8 Å². The van der Waals surface area contributed by atoms with Gasteiger partial charge in [0, 0.05) is 68.9 Å². The Hall–Kier alpha value is -2.23. The molecule has 0 aromatic heterocycles. The van der Waals surface area contributed by atoms with E-state index in [4.69, 9.17) is 4.74 Å². The van der Waals surface area contributed by atoms with E-state index in [1.54, 1.807) is 4.90 Å². The number of carbonyl (C=O) groups is 1. The predicted molar refractivity (Wildman–Crippen MR) is 147 cm³/mol. The molecule has 1 unspecified atom stereocenters. The Kier molecular flexibility index (Phi) is 9.65. The predicted octanol–water partition coefficient (Wildman–Crippen LogP) is 5.66. The number of thioether (sulfide) groups is 1. The van der Waals surface area contributed by atoms with Crippen LogP contribution in [0.25, 0.3) is 0 Å². The Morgan fingerprint density at radius 3 is 2.24 bits per heavy atom. The summed E-state index contributed by atoms with van der Waals surface area (Å²) in [5.41, 5.74) is 3.19. The third-order valence-corrected chi connectivity index (χ3v) is 8.76. The van der Waals surface area contributed by atoms with Crippen LogP contribution in [0.3, 0.4) is 0 Å². The average molecular weight is 550 g/mol. The summed E-state index contributed by atoms with van der Waals surface area (Å²) in [6, 6.07) is 8.89. The van der Waals surface area contributed by atoms with Gasteiger partial charge in [0.25, 0.3) is 5.91 Å². The molecule has 4 rings (SSSR count). The molecule has 1 amide bonds. The molecule has 2 fully saturated rings. The molecule has 38 heavy (non-hydrogen) atoms. The van der Waals surface area contributed by atoms with E-state index in [2.05, 4.69) is 42.7 Å². The molecule has 2 aromatic rings. The Bertz CT molecular complexity index is 1080. The number of hydrogen-bond acceptors (Lipinski definition) is 5. The summed E-state index contributed by atoms with van der Waals surface area (Å²) in [7, 11) is 0. The number of carbonyl (C=O) groups excluding carboxylic acids is 1. The monoisotopic (exact) mass is 549 g/mol. The molecule has 2 aromatic carbocycles. The van der Waals surface area contributed by atoms with Crippen LogP contribution >= 0.6 is 11.8 Å². The number of nitrogens with zero attached hydrogens (tertiary/aromatic N) is 3. The topological polar surface area (TPSA) is 36.0 Å². The maximum atomic E-state index is 12.9. The smallest absolute Gasteiger partial charge is 0.416 e. The summed E-state index contributed by atoms with van der Waals surface area (Å²) in [6.07, 6.45) is -3.38. The van der Waals surface area contributed by atoms with Crippen LogP contribution in [0.15, 0.2) is 36.4 Å². The fraction of sp³-hybridized carbons (Fsp3) is 0.552. The highest BCUT2D eigenvalue weighted by Crippen LogP contribution is 2.32. The van der Waals surface area contributed by atoms with Crippen molar-refractivity contribution < 1.29 is 22.7 Å². The van der Waals surface area contributed by atoms with Gasteiger partial charge in [0.15, 0.2) is 0 Å². The minimum atomic E-state index is -4.41. The fourth-order valence-corrected chi connectivity index (χ4v) is 6.19. The van der Waals surface area contributed by atoms with E-state index in [1.807, 2.05) is 11.8 Å². The van der Waals surface area contributed by atoms with Crippen molar-refractivity contribution in [3.8, 4) is 5.75 Å². The van der Waals surface area contributed by atoms with Crippen LogP contribution in [-0.4, -0.2) is 84.5 Å². The maximum absolute atomic E-state index is 12.9. The van der Waals surface area contributed by atoms with Gasteiger partial charge < -0.3 is 14.5 Å². The van der Waals surface area contributed by atoms with Crippen molar-refractivity contribution in [2.45, 2.75) is 39.4 Å². The normalized spacial score (nSPS) is 18.4. The molecule has 1 atom stereocenters. The molecule has 0 bridgehead atoms. The Morgan fingerprint density at radius 2 is 1.61 bits per heavy atom. The van der Waals surface area contributed by atoms with Crippen LogP contribution in [0.1, 0.15) is 52.0 Å². The highest BCUT2D eigenvalue weighted by Gasteiger charge is 2.31. The molecule has 0 spiro atoms. The fourth-order valence-electron chi connectivity index (χ4n) is 5.21. The van der Waals surface area contributed by atoms with E-state index in [1.165, 1.54) is 53.4 Å². The van der Waals surface area contributed by atoms with Gasteiger partial charge in [-0.25, -0.2) is 0 Å². The lowest BCUT2D eigenvalue weighted by Gasteiger charge is -2.39. The third kappa shape index (κ3) is 7.04. The van der Waals surface area contributed by atoms with Crippen molar-refractivity contribution in [1.29, 1.82) is 0 Å². The molecule has 0 saturated carbocycles. The third-order valence-electron chi connectivity index (χ3n) is 7.82. The van der Waals surface area contributed by atoms with Crippen LogP contribution in [0.5, 0.6) is 5.75 Å². The zero-order chi connectivity index (χ0) is 27.3. The molecule has 2 aliphatic heterocycles. The van der Waals surface area contributed by atoms with Crippen molar-refractivity contribution in [3.63, 3.8) is 0 Å². The number of hydrogen-bond donors (Lipinski definition) is 0. The molecular weight excluding hydrogens is 511 g/mol. The number of halogens is 3. The first kappa shape index (κ1) is 28.8. The quantitative estimate of drug-likeness (QED) is 0.397. The van der Waals surface area contributed by atoms with E-state index in [9.17, 15) is 18.0 Å². The van der Waals surface area contributed by atoms with E-state index in [0.717, 1.165) is 30.8 Å². The van der Waals surface area contributed by atoms with Crippen LogP contribution in [0.2, 0.25) is 0 Å². The van der Waals surface area contributed by atoms with Gasteiger partial charge in [-0.15, -0.1) is 0 Å². The van der Waals surface area contributed by atoms with Crippen molar-refractivity contribution >= 4 is 17.7 Å². The summed E-state index contributed by atoms with van der Waals surface area (Å²) in [4.78, 5) is 19.4. The van der Waals surface area contributed by atoms with Crippen molar-refractivity contribution in [2.75, 3.05) is 63.9 Å². The van der Waals surface area contributed by atoms with E-state index in [0.29, 0.717) is 32.8 Å². The van der Waals surface area contributed by atoms with Crippen LogP contribution < -0.4 is 4.74 Å². The van der Waals surface area contributed by atoms with Gasteiger partial charge in [-0.05, 0) is 74.2 Å². The number of alkyl halides is 3. The van der Waals surface area contributed by atoms with Gasteiger partial charge in [-0.3, -0.25) is 9.69 Å². The molecule has 0 N–H and O–H groups in total. The second-order valence-corrected chi connectivity index (χ2v) is 11.4. The van der Waals surface area contributed by atoms with Crippen molar-refractivity contribution in [3.05, 3.63) is 64.2 Å². The Labute approximate surface area is 228 Å². The summed E-state index contributed by atoms with van der Waals surface area (Å²) >= 11 is 2.03. The highest BCUT2D eigenvalue weighted by atomic mass is 32.2. The number of amides is 1. The van der Waals surface area contributed by atoms with Gasteiger partial charge in [-0.1, -0.05) is 6.07 Å². The van der Waals surface area contributed by atoms with Gasteiger partial charge in [0.05, 0.1) is 12.2 Å². The largest absolute Gasteiger partial charge is 0.493 e. The molecular formula is C29H38F3N3O2S. The standard InChI is InChI=1S/C29H38F3N3O2S/c1-21-22(2)27(37-18-4-11-33-16-19-38-20-17-33)10-9-26(21)23(3)34-12-14-35(15-13-34)28(36)24-5-7-25(8-6-24)29(30,31)32/h5-10,23H,4,11-20H2,1-3H3. The van der Waals surface area contributed by atoms with Crippen molar-refractivity contribution in [2.24, 2.45) is 0 Å². The summed E-state index contributed by atoms with van der Waals surface area (Å²) in [5, 5.41) is 0. The number of benzene rings is 2. The van der Waals surface area contributed by atoms with E-state index < -0.39 is 11.7 Å². The minimum Gasteiger partial charge on any atom is -0.493 e. The van der Waals surface area contributed by atoms with E-state index in [-0.39, 0.29) is 17.5 Å². The molecule has 2 aliphatic rings. The lowest BCUT2D eigenvalue weighted by molar-refractivity contribution is -0.137. The lowest BCUT2D eigenvalue weighted by atomic mass is 9.96. The molecule has 9 heteroatoms. The summed E-state index contributed by atoms with van der Waals surface area (Å²) in [5.74, 6) is 3.17. The first-order chi connectivity index (χ1) is 18.1. The molecule has 208 valence electrons. The minimum absolute atomic E-state index is 0.183. The first-order valence-corrected chi connectivity index (χ1v) is 14.5. The number of ether oxygens (including phenoxy) is 1. The highest BCUT2D eigenvalue weighted by molar-refractivity contribution is 7.99. The lowest BCUT2D eigenvalue weighted by Crippen LogP contribution is -2.49. The molecule has 0 aliphatic carbocycles. The second-order valence-electron chi connectivity index (χ2n) is 10.1. The second kappa shape index (κ2) is 12.7. The zero-order valence-electron chi connectivity index (χ0n) is 22.5. The molecule has 0 radical (unpaired) electrons. The van der Waals surface area contributed by atoms with Crippen molar-refractivity contribution in [1.82, 2.24) is 14.7 Å². The van der Waals surface area contributed by atoms with Gasteiger partial charge in [0.2, 0.25) is 0 Å². The molecule has 5 nitrogen and oxygen atoms in total. The molecule has 2 saturated heterocycles. The van der Waals surface area contributed by atoms with Gasteiger partial charge in [-0.2, -0.15) is 24.9 Å². The number of rotatable bonds is 8. The SMILES string of the molecule is Cc1c(OCCCN2CCSCC2)ccc(C(C)N2CCN(C(=O)c3ccc(C(F)(F)F)cc3)CC2)c1C. The van der Waals surface area contributed by atoms with Gasteiger partial charge >= 0.3 is 6.18 Å². The zero-order valence-corrected chi connectivity index (χ0v) is 23.3. The van der Waals surface area contributed by atoms with Crippen LogP contribution in [-0.2, 0) is 6.18 Å². The summed E-state index contributed by atoms with van der Waals surface area (Å²) in [6.45, 7) is 13.1. The van der Waals surface area contributed by atoms with E-state index >= 15 is 0 Å². The Balaban J connectivity index is 1.28. The Morgan fingerprint density at radius 1 is 0.947 bits per heavy atom. The maximum Gasteiger partial charge on any atom is 0.416 e. The van der Waals surface area contributed by atoms with Crippen LogP contribution in [0.4, 0.5) is 13.2 Å². The van der Waals surface area contributed by atoms with Gasteiger partial charge in [0.1, 0.15) is 5.75 Å². The molecule has 2 heterocycles. The number of piperazine rings is 1. The summed E-state index contributed by atoms with van der Waals surface area (Å²) < 4.78 is 44.6.